The molecule has 66 valence electrons. The van der Waals surface area contributed by atoms with Crippen molar-refractivity contribution >= 4 is 0 Å². The average molecular weight is 168 g/mol. The lowest BCUT2D eigenvalue weighted by Gasteiger charge is -2.01. The van der Waals surface area contributed by atoms with Gasteiger partial charge in [0.1, 0.15) is 0 Å². The van der Waals surface area contributed by atoms with Crippen LogP contribution in [0.15, 0.2) is 18.5 Å². The Morgan fingerprint density at radius 3 is 2.67 bits per heavy atom. The van der Waals surface area contributed by atoms with Crippen molar-refractivity contribution in [2.75, 3.05) is 13.2 Å². The molecule has 4 nitrogen and oxygen atoms in total. The maximum absolute atomic E-state index is 8.48. The van der Waals surface area contributed by atoms with E-state index in [-0.39, 0.29) is 6.61 Å². The zero-order valence-corrected chi connectivity index (χ0v) is 6.81. The maximum Gasteiger partial charge on any atom is 0.316 e. The first-order chi connectivity index (χ1) is 5.93. The largest absolute Gasteiger partial charge is 0.463 e. The van der Waals surface area contributed by atoms with E-state index in [0.29, 0.717) is 12.6 Å². The van der Waals surface area contributed by atoms with Gasteiger partial charge in [0.15, 0.2) is 0 Å². The van der Waals surface area contributed by atoms with Gasteiger partial charge in [0.2, 0.25) is 0 Å². The molecular formula is C8H12N2O2. The number of unbranched alkanes of at least 4 members (excludes halogenated alkanes) is 1. The van der Waals surface area contributed by atoms with Crippen molar-refractivity contribution in [2.24, 2.45) is 0 Å². The molecule has 0 saturated heterocycles. The number of rotatable bonds is 5. The molecule has 12 heavy (non-hydrogen) atoms. The molecular weight excluding hydrogens is 156 g/mol. The number of hydrogen-bond donors (Lipinski definition) is 1. The monoisotopic (exact) mass is 168 g/mol. The Bertz CT molecular complexity index is 203. The Hall–Kier alpha value is -1.16. The molecule has 0 aliphatic rings. The lowest BCUT2D eigenvalue weighted by Crippen LogP contribution is -2.01. The SMILES string of the molecule is OCCCCOc1ncccn1. The summed E-state index contributed by atoms with van der Waals surface area (Å²) in [6.45, 7) is 0.767. The van der Waals surface area contributed by atoms with E-state index >= 15 is 0 Å². The van der Waals surface area contributed by atoms with Gasteiger partial charge in [-0.2, -0.15) is 0 Å². The van der Waals surface area contributed by atoms with Crippen molar-refractivity contribution in [3.05, 3.63) is 18.5 Å². The predicted octanol–water partition coefficient (Wildman–Crippen LogP) is 0.628. The van der Waals surface area contributed by atoms with Gasteiger partial charge in [-0.3, -0.25) is 0 Å². The van der Waals surface area contributed by atoms with Crippen molar-refractivity contribution in [2.45, 2.75) is 12.8 Å². The highest BCUT2D eigenvalue weighted by molar-refractivity contribution is 4.92. The molecule has 4 heteroatoms. The summed E-state index contributed by atoms with van der Waals surface area (Å²) in [7, 11) is 0. The fraction of sp³-hybridized carbons (Fsp3) is 0.500. The lowest BCUT2D eigenvalue weighted by molar-refractivity contribution is 0.244. The van der Waals surface area contributed by atoms with Gasteiger partial charge in [-0.1, -0.05) is 0 Å². The van der Waals surface area contributed by atoms with Crippen LogP contribution in [-0.2, 0) is 0 Å². The van der Waals surface area contributed by atoms with Crippen LogP contribution in [0.2, 0.25) is 0 Å². The highest BCUT2D eigenvalue weighted by atomic mass is 16.5. The molecule has 1 heterocycles. The summed E-state index contributed by atoms with van der Waals surface area (Å²) in [5, 5.41) is 8.48. The van der Waals surface area contributed by atoms with Crippen molar-refractivity contribution in [3.8, 4) is 6.01 Å². The third-order valence-corrected chi connectivity index (χ3v) is 1.33. The summed E-state index contributed by atoms with van der Waals surface area (Å²) in [6.07, 6.45) is 4.85. The number of ether oxygens (including phenoxy) is 1. The summed E-state index contributed by atoms with van der Waals surface area (Å²) in [5.41, 5.74) is 0. The molecule has 0 atom stereocenters. The Balaban J connectivity index is 2.16. The minimum atomic E-state index is 0.207. The quantitative estimate of drug-likeness (QED) is 0.655. The first kappa shape index (κ1) is 8.93. The van der Waals surface area contributed by atoms with Gasteiger partial charge in [-0.05, 0) is 18.9 Å². The first-order valence-corrected chi connectivity index (χ1v) is 3.94. The fourth-order valence-electron chi connectivity index (χ4n) is 0.737. The van der Waals surface area contributed by atoms with E-state index in [2.05, 4.69) is 9.97 Å². The van der Waals surface area contributed by atoms with Crippen LogP contribution in [0.25, 0.3) is 0 Å². The highest BCUT2D eigenvalue weighted by Crippen LogP contribution is 1.98. The summed E-state index contributed by atoms with van der Waals surface area (Å²) >= 11 is 0. The molecule has 0 fully saturated rings. The third-order valence-electron chi connectivity index (χ3n) is 1.33. The molecule has 0 spiro atoms. The number of nitrogens with zero attached hydrogens (tertiary/aromatic N) is 2. The highest BCUT2D eigenvalue weighted by Gasteiger charge is 1.93. The molecule has 1 rings (SSSR count). The van der Waals surface area contributed by atoms with Crippen LogP contribution in [0.3, 0.4) is 0 Å². The van der Waals surface area contributed by atoms with E-state index in [0.717, 1.165) is 12.8 Å². The second-order valence-corrected chi connectivity index (χ2v) is 2.31. The smallest absolute Gasteiger partial charge is 0.316 e. The fourth-order valence-corrected chi connectivity index (χ4v) is 0.737. The summed E-state index contributed by atoms with van der Waals surface area (Å²) in [4.78, 5) is 7.76. The van der Waals surface area contributed by atoms with Crippen LogP contribution in [0.5, 0.6) is 6.01 Å². The summed E-state index contributed by atoms with van der Waals surface area (Å²) in [5.74, 6) is 0. The van der Waals surface area contributed by atoms with Gasteiger partial charge in [-0.15, -0.1) is 0 Å². The van der Waals surface area contributed by atoms with E-state index in [1.807, 2.05) is 0 Å². The van der Waals surface area contributed by atoms with Crippen molar-refractivity contribution in [1.29, 1.82) is 0 Å². The van der Waals surface area contributed by atoms with Gasteiger partial charge in [0, 0.05) is 19.0 Å². The molecule has 0 aliphatic heterocycles. The van der Waals surface area contributed by atoms with Crippen LogP contribution in [0.4, 0.5) is 0 Å². The molecule has 0 amide bonds. The minimum absolute atomic E-state index is 0.207. The minimum Gasteiger partial charge on any atom is -0.463 e. The maximum atomic E-state index is 8.48. The number of aliphatic hydroxyl groups excluding tert-OH is 1. The Labute approximate surface area is 71.2 Å². The second-order valence-electron chi connectivity index (χ2n) is 2.31. The number of hydrogen-bond acceptors (Lipinski definition) is 4. The molecule has 0 saturated carbocycles. The Kier molecular flexibility index (Phi) is 4.08. The number of aromatic nitrogens is 2. The predicted molar refractivity (Wildman–Crippen MR) is 43.8 cm³/mol. The van der Waals surface area contributed by atoms with Gasteiger partial charge >= 0.3 is 6.01 Å². The molecule has 0 unspecified atom stereocenters. The van der Waals surface area contributed by atoms with E-state index < -0.39 is 0 Å². The Morgan fingerprint density at radius 2 is 2.00 bits per heavy atom. The van der Waals surface area contributed by atoms with Gasteiger partial charge in [0.05, 0.1) is 6.61 Å². The van der Waals surface area contributed by atoms with Gasteiger partial charge < -0.3 is 9.84 Å². The standard InChI is InChI=1S/C8H12N2O2/c11-6-1-2-7-12-8-9-4-3-5-10-8/h3-5,11H,1-2,6-7H2. The average Bonchev–Trinajstić information content (AvgIpc) is 2.14. The zero-order valence-electron chi connectivity index (χ0n) is 6.81. The van der Waals surface area contributed by atoms with E-state index in [1.165, 1.54) is 0 Å². The van der Waals surface area contributed by atoms with Crippen LogP contribution in [0, 0.1) is 0 Å². The molecule has 0 aromatic carbocycles. The zero-order chi connectivity index (χ0) is 8.65. The molecule has 1 N–H and O–H groups in total. The van der Waals surface area contributed by atoms with E-state index in [1.54, 1.807) is 18.5 Å². The second kappa shape index (κ2) is 5.49. The summed E-state index contributed by atoms with van der Waals surface area (Å²) < 4.78 is 5.17. The van der Waals surface area contributed by atoms with Crippen LogP contribution < -0.4 is 4.74 Å². The molecule has 0 radical (unpaired) electrons. The van der Waals surface area contributed by atoms with Crippen LogP contribution in [-0.4, -0.2) is 28.3 Å². The molecule has 0 bridgehead atoms. The Morgan fingerprint density at radius 1 is 1.25 bits per heavy atom. The van der Waals surface area contributed by atoms with Crippen molar-refractivity contribution in [3.63, 3.8) is 0 Å². The summed E-state index contributed by atoms with van der Waals surface area (Å²) in [6, 6.07) is 2.14. The molecule has 1 aromatic heterocycles. The molecule has 1 aromatic rings. The first-order valence-electron chi connectivity index (χ1n) is 3.94. The lowest BCUT2D eigenvalue weighted by atomic mass is 10.3. The van der Waals surface area contributed by atoms with Crippen molar-refractivity contribution < 1.29 is 9.84 Å². The topological polar surface area (TPSA) is 55.2 Å². The van der Waals surface area contributed by atoms with E-state index in [4.69, 9.17) is 9.84 Å². The number of aliphatic hydroxyl groups is 1. The van der Waals surface area contributed by atoms with E-state index in [9.17, 15) is 0 Å². The van der Waals surface area contributed by atoms with Crippen molar-refractivity contribution in [1.82, 2.24) is 9.97 Å². The van der Waals surface area contributed by atoms with Gasteiger partial charge in [-0.25, -0.2) is 9.97 Å². The third kappa shape index (κ3) is 3.30. The molecule has 0 aliphatic carbocycles. The van der Waals surface area contributed by atoms with Crippen LogP contribution >= 0.6 is 0 Å². The van der Waals surface area contributed by atoms with Crippen LogP contribution in [0.1, 0.15) is 12.8 Å². The van der Waals surface area contributed by atoms with Gasteiger partial charge in [0.25, 0.3) is 0 Å². The normalized spacial score (nSPS) is 9.75.